The number of halogens is 2. The van der Waals surface area contributed by atoms with E-state index < -0.39 is 0 Å². The van der Waals surface area contributed by atoms with Crippen LogP contribution in [0.2, 0.25) is 10.0 Å². The molecule has 2 aromatic heterocycles. The Kier molecular flexibility index (Phi) is 4.71. The predicted octanol–water partition coefficient (Wildman–Crippen LogP) is 4.95. The van der Waals surface area contributed by atoms with E-state index in [4.69, 9.17) is 27.6 Å². The summed E-state index contributed by atoms with van der Waals surface area (Å²) in [6, 6.07) is 8.40. The largest absolute Gasteiger partial charge is 0.458 e. The van der Waals surface area contributed by atoms with Crippen molar-refractivity contribution in [1.29, 1.82) is 0 Å². The number of carbonyl (C=O) groups excluding carboxylic acids is 1. The van der Waals surface area contributed by atoms with Gasteiger partial charge in [0.2, 0.25) is 0 Å². The standard InChI is InChI=1S/C16H12Cl2N2O2S/c1-9-20-14(8-23-9)15-5-3-11(22-15)7-19-16(21)12-4-2-10(17)6-13(12)18/h2-6,8H,7H2,1H3,(H,19,21). The second kappa shape index (κ2) is 6.74. The third-order valence-electron chi connectivity index (χ3n) is 3.13. The molecule has 0 fully saturated rings. The topological polar surface area (TPSA) is 55.1 Å². The van der Waals surface area contributed by atoms with Gasteiger partial charge in [0, 0.05) is 10.4 Å². The van der Waals surface area contributed by atoms with E-state index in [-0.39, 0.29) is 12.5 Å². The summed E-state index contributed by atoms with van der Waals surface area (Å²) in [5, 5.41) is 6.48. The molecular weight excluding hydrogens is 355 g/mol. The third kappa shape index (κ3) is 3.75. The fourth-order valence-corrected chi connectivity index (χ4v) is 3.12. The van der Waals surface area contributed by atoms with Crippen molar-refractivity contribution >= 4 is 40.4 Å². The Balaban J connectivity index is 1.66. The van der Waals surface area contributed by atoms with Crippen LogP contribution in [0.1, 0.15) is 21.1 Å². The molecule has 1 amide bonds. The summed E-state index contributed by atoms with van der Waals surface area (Å²) in [4.78, 5) is 16.5. The number of nitrogens with one attached hydrogen (secondary N) is 1. The Morgan fingerprint density at radius 3 is 2.83 bits per heavy atom. The van der Waals surface area contributed by atoms with Gasteiger partial charge in [-0.05, 0) is 37.3 Å². The number of rotatable bonds is 4. The highest BCUT2D eigenvalue weighted by molar-refractivity contribution is 7.09. The van der Waals surface area contributed by atoms with E-state index in [1.54, 1.807) is 23.5 Å². The number of nitrogens with zero attached hydrogens (tertiary/aromatic N) is 1. The van der Waals surface area contributed by atoms with E-state index in [2.05, 4.69) is 10.3 Å². The van der Waals surface area contributed by atoms with Gasteiger partial charge < -0.3 is 9.73 Å². The van der Waals surface area contributed by atoms with Gasteiger partial charge in [-0.2, -0.15) is 0 Å². The molecular formula is C16H12Cl2N2O2S. The fraction of sp³-hybridized carbons (Fsp3) is 0.125. The number of carbonyl (C=O) groups is 1. The molecule has 0 bridgehead atoms. The van der Waals surface area contributed by atoms with Gasteiger partial charge in [-0.3, -0.25) is 4.79 Å². The second-order valence-electron chi connectivity index (χ2n) is 4.82. The van der Waals surface area contributed by atoms with E-state index in [0.29, 0.717) is 27.1 Å². The van der Waals surface area contributed by atoms with Gasteiger partial charge in [0.1, 0.15) is 11.5 Å². The SMILES string of the molecule is Cc1nc(-c2ccc(CNC(=O)c3ccc(Cl)cc3Cl)o2)cs1. The molecule has 4 nitrogen and oxygen atoms in total. The van der Waals surface area contributed by atoms with Crippen LogP contribution < -0.4 is 5.32 Å². The van der Waals surface area contributed by atoms with Crippen LogP contribution in [0.25, 0.3) is 11.5 Å². The fourth-order valence-electron chi connectivity index (χ4n) is 2.02. The molecule has 0 atom stereocenters. The molecule has 0 saturated heterocycles. The summed E-state index contributed by atoms with van der Waals surface area (Å²) in [7, 11) is 0. The number of benzene rings is 1. The molecule has 2 heterocycles. The highest BCUT2D eigenvalue weighted by atomic mass is 35.5. The first kappa shape index (κ1) is 16.1. The molecule has 118 valence electrons. The Labute approximate surface area is 147 Å². The number of aromatic nitrogens is 1. The van der Waals surface area contributed by atoms with Crippen molar-refractivity contribution in [1.82, 2.24) is 10.3 Å². The Bertz CT molecular complexity index is 857. The molecule has 23 heavy (non-hydrogen) atoms. The minimum atomic E-state index is -0.283. The number of hydrogen-bond acceptors (Lipinski definition) is 4. The van der Waals surface area contributed by atoms with Crippen molar-refractivity contribution in [2.45, 2.75) is 13.5 Å². The maximum absolute atomic E-state index is 12.1. The van der Waals surface area contributed by atoms with Gasteiger partial charge >= 0.3 is 0 Å². The van der Waals surface area contributed by atoms with E-state index in [0.717, 1.165) is 10.7 Å². The van der Waals surface area contributed by atoms with Gasteiger partial charge in [0.05, 0.1) is 22.1 Å². The van der Waals surface area contributed by atoms with Crippen LogP contribution in [0, 0.1) is 6.92 Å². The monoisotopic (exact) mass is 366 g/mol. The van der Waals surface area contributed by atoms with Crippen molar-refractivity contribution < 1.29 is 9.21 Å². The van der Waals surface area contributed by atoms with E-state index >= 15 is 0 Å². The van der Waals surface area contributed by atoms with Crippen molar-refractivity contribution in [2.24, 2.45) is 0 Å². The molecule has 0 aliphatic carbocycles. The van der Waals surface area contributed by atoms with Gasteiger partial charge in [0.25, 0.3) is 5.91 Å². The van der Waals surface area contributed by atoms with Crippen LogP contribution in [-0.4, -0.2) is 10.9 Å². The van der Waals surface area contributed by atoms with Crippen molar-refractivity contribution in [3.05, 3.63) is 62.1 Å². The van der Waals surface area contributed by atoms with E-state index in [1.807, 2.05) is 24.4 Å². The molecule has 3 rings (SSSR count). The zero-order valence-corrected chi connectivity index (χ0v) is 14.4. The maximum Gasteiger partial charge on any atom is 0.253 e. The lowest BCUT2D eigenvalue weighted by Gasteiger charge is -2.05. The Morgan fingerprint density at radius 1 is 1.30 bits per heavy atom. The minimum absolute atomic E-state index is 0.265. The van der Waals surface area contributed by atoms with Crippen molar-refractivity contribution in [3.8, 4) is 11.5 Å². The van der Waals surface area contributed by atoms with Crippen LogP contribution in [0.5, 0.6) is 0 Å². The quantitative estimate of drug-likeness (QED) is 0.710. The molecule has 1 N–H and O–H groups in total. The normalized spacial score (nSPS) is 10.7. The maximum atomic E-state index is 12.1. The molecule has 0 unspecified atom stereocenters. The zero-order valence-electron chi connectivity index (χ0n) is 12.1. The summed E-state index contributed by atoms with van der Waals surface area (Å²) < 4.78 is 5.69. The first-order valence-electron chi connectivity index (χ1n) is 6.77. The Hall–Kier alpha value is -1.82. The van der Waals surface area contributed by atoms with E-state index in [1.165, 1.54) is 6.07 Å². The summed E-state index contributed by atoms with van der Waals surface area (Å²) in [6.07, 6.45) is 0. The molecule has 7 heteroatoms. The van der Waals surface area contributed by atoms with Crippen LogP contribution in [0.3, 0.4) is 0 Å². The molecule has 0 aliphatic rings. The average Bonchev–Trinajstić information content (AvgIpc) is 3.13. The number of furan rings is 1. The molecule has 0 radical (unpaired) electrons. The molecule has 3 aromatic rings. The number of aryl methyl sites for hydroxylation is 1. The highest BCUT2D eigenvalue weighted by Gasteiger charge is 2.12. The van der Waals surface area contributed by atoms with Gasteiger partial charge in [-0.25, -0.2) is 4.98 Å². The second-order valence-corrected chi connectivity index (χ2v) is 6.73. The highest BCUT2D eigenvalue weighted by Crippen LogP contribution is 2.24. The lowest BCUT2D eigenvalue weighted by atomic mass is 10.2. The van der Waals surface area contributed by atoms with Crippen LogP contribution in [0.4, 0.5) is 0 Å². The molecule has 0 spiro atoms. The summed E-state index contributed by atoms with van der Waals surface area (Å²) >= 11 is 13.4. The van der Waals surface area contributed by atoms with Crippen molar-refractivity contribution in [2.75, 3.05) is 0 Å². The smallest absolute Gasteiger partial charge is 0.253 e. The lowest BCUT2D eigenvalue weighted by Crippen LogP contribution is -2.22. The zero-order chi connectivity index (χ0) is 16.4. The summed E-state index contributed by atoms with van der Waals surface area (Å²) in [5.74, 6) is 1.04. The van der Waals surface area contributed by atoms with Gasteiger partial charge in [-0.15, -0.1) is 11.3 Å². The molecule has 1 aromatic carbocycles. The minimum Gasteiger partial charge on any atom is -0.458 e. The first-order valence-corrected chi connectivity index (χ1v) is 8.41. The first-order chi connectivity index (χ1) is 11.0. The number of amides is 1. The number of thiazole rings is 1. The van der Waals surface area contributed by atoms with Crippen LogP contribution in [-0.2, 0) is 6.54 Å². The van der Waals surface area contributed by atoms with Gasteiger partial charge in [0.15, 0.2) is 5.76 Å². The van der Waals surface area contributed by atoms with Crippen LogP contribution in [0.15, 0.2) is 40.1 Å². The molecule has 0 aliphatic heterocycles. The van der Waals surface area contributed by atoms with Gasteiger partial charge in [-0.1, -0.05) is 23.2 Å². The van der Waals surface area contributed by atoms with E-state index in [9.17, 15) is 4.79 Å². The average molecular weight is 367 g/mol. The van der Waals surface area contributed by atoms with Crippen molar-refractivity contribution in [3.63, 3.8) is 0 Å². The lowest BCUT2D eigenvalue weighted by molar-refractivity contribution is 0.0948. The predicted molar refractivity (Wildman–Crippen MR) is 92.2 cm³/mol. The van der Waals surface area contributed by atoms with Crippen LogP contribution >= 0.6 is 34.5 Å². The summed E-state index contributed by atoms with van der Waals surface area (Å²) in [5.41, 5.74) is 1.17. The molecule has 0 saturated carbocycles. The summed E-state index contributed by atoms with van der Waals surface area (Å²) in [6.45, 7) is 2.20. The Morgan fingerprint density at radius 2 is 2.13 bits per heavy atom. The number of hydrogen-bond donors (Lipinski definition) is 1. The third-order valence-corrected chi connectivity index (χ3v) is 4.45.